The molecular formula is C14H16N2O3. The molecule has 0 atom stereocenters. The van der Waals surface area contributed by atoms with Crippen molar-refractivity contribution in [1.82, 2.24) is 0 Å². The standard InChI is InChI=1S/C14H16N2O3/c1-16(8-10-6-7-19-9-10)12-5-3-4-11(13(12)15)14(17)18-2/h3-7,9H,8,15H2,1-2H3. The number of esters is 1. The lowest BCUT2D eigenvalue weighted by Crippen LogP contribution is -2.19. The summed E-state index contributed by atoms with van der Waals surface area (Å²) in [6, 6.07) is 7.18. The first-order chi connectivity index (χ1) is 9.13. The van der Waals surface area contributed by atoms with E-state index in [0.717, 1.165) is 11.3 Å². The number of rotatable bonds is 4. The molecule has 0 aliphatic heterocycles. The minimum absolute atomic E-state index is 0.374. The summed E-state index contributed by atoms with van der Waals surface area (Å²) in [4.78, 5) is 13.5. The van der Waals surface area contributed by atoms with E-state index in [1.807, 2.05) is 24.1 Å². The molecule has 1 aromatic carbocycles. The number of anilines is 2. The van der Waals surface area contributed by atoms with Gasteiger partial charge in [0.05, 0.1) is 36.6 Å². The molecule has 0 spiro atoms. The van der Waals surface area contributed by atoms with E-state index in [2.05, 4.69) is 0 Å². The van der Waals surface area contributed by atoms with Gasteiger partial charge in [-0.15, -0.1) is 0 Å². The minimum Gasteiger partial charge on any atom is -0.472 e. The first-order valence-corrected chi connectivity index (χ1v) is 5.82. The van der Waals surface area contributed by atoms with E-state index in [0.29, 0.717) is 17.8 Å². The molecule has 0 aliphatic carbocycles. The fourth-order valence-electron chi connectivity index (χ4n) is 1.92. The number of methoxy groups -OCH3 is 1. The second kappa shape index (κ2) is 5.48. The summed E-state index contributed by atoms with van der Waals surface area (Å²) < 4.78 is 9.73. The number of nitrogen functional groups attached to an aromatic ring is 1. The second-order valence-electron chi connectivity index (χ2n) is 4.22. The van der Waals surface area contributed by atoms with E-state index < -0.39 is 5.97 Å². The quantitative estimate of drug-likeness (QED) is 0.674. The van der Waals surface area contributed by atoms with Crippen molar-refractivity contribution >= 4 is 17.3 Å². The zero-order valence-corrected chi connectivity index (χ0v) is 10.9. The van der Waals surface area contributed by atoms with E-state index in [1.165, 1.54) is 7.11 Å². The number of hydrogen-bond acceptors (Lipinski definition) is 5. The van der Waals surface area contributed by atoms with Gasteiger partial charge in [-0.25, -0.2) is 4.79 Å². The molecular weight excluding hydrogens is 244 g/mol. The van der Waals surface area contributed by atoms with Crippen molar-refractivity contribution in [2.24, 2.45) is 0 Å². The van der Waals surface area contributed by atoms with Gasteiger partial charge in [0.2, 0.25) is 0 Å². The average molecular weight is 260 g/mol. The summed E-state index contributed by atoms with van der Waals surface area (Å²) in [6.45, 7) is 0.644. The summed E-state index contributed by atoms with van der Waals surface area (Å²) in [6.07, 6.45) is 3.30. The van der Waals surface area contributed by atoms with Crippen LogP contribution < -0.4 is 10.6 Å². The molecule has 0 amide bonds. The first-order valence-electron chi connectivity index (χ1n) is 5.82. The van der Waals surface area contributed by atoms with Crippen LogP contribution in [0.1, 0.15) is 15.9 Å². The molecule has 0 saturated heterocycles. The molecule has 1 heterocycles. The number of hydrogen-bond donors (Lipinski definition) is 1. The van der Waals surface area contributed by atoms with Crippen molar-refractivity contribution in [2.75, 3.05) is 24.8 Å². The maximum absolute atomic E-state index is 11.6. The number of benzene rings is 1. The van der Waals surface area contributed by atoms with Gasteiger partial charge in [0, 0.05) is 19.2 Å². The van der Waals surface area contributed by atoms with Crippen molar-refractivity contribution in [2.45, 2.75) is 6.54 Å². The molecule has 2 N–H and O–H groups in total. The van der Waals surface area contributed by atoms with Gasteiger partial charge < -0.3 is 19.8 Å². The van der Waals surface area contributed by atoms with Crippen LogP contribution in [0.25, 0.3) is 0 Å². The number of furan rings is 1. The predicted octanol–water partition coefficient (Wildman–Crippen LogP) is 2.28. The van der Waals surface area contributed by atoms with Crippen LogP contribution in [0.5, 0.6) is 0 Å². The van der Waals surface area contributed by atoms with Gasteiger partial charge in [-0.3, -0.25) is 0 Å². The van der Waals surface area contributed by atoms with Gasteiger partial charge in [0.1, 0.15) is 0 Å². The van der Waals surface area contributed by atoms with Gasteiger partial charge in [-0.1, -0.05) is 6.07 Å². The first kappa shape index (κ1) is 13.0. The fraction of sp³-hybridized carbons (Fsp3) is 0.214. The molecule has 2 aromatic rings. The Labute approximate surface area is 111 Å². The zero-order chi connectivity index (χ0) is 13.8. The topological polar surface area (TPSA) is 68.7 Å². The monoisotopic (exact) mass is 260 g/mol. The summed E-state index contributed by atoms with van der Waals surface area (Å²) in [7, 11) is 3.24. The maximum atomic E-state index is 11.6. The molecule has 0 fully saturated rings. The highest BCUT2D eigenvalue weighted by Gasteiger charge is 2.15. The summed E-state index contributed by atoms with van der Waals surface area (Å²) in [5.41, 5.74) is 8.63. The summed E-state index contributed by atoms with van der Waals surface area (Å²) in [5, 5.41) is 0. The van der Waals surface area contributed by atoms with Crippen LogP contribution in [-0.4, -0.2) is 20.1 Å². The Balaban J connectivity index is 2.27. The molecule has 0 saturated carbocycles. The van der Waals surface area contributed by atoms with E-state index >= 15 is 0 Å². The number of carbonyl (C=O) groups excluding carboxylic acids is 1. The largest absolute Gasteiger partial charge is 0.472 e. The van der Waals surface area contributed by atoms with Crippen molar-refractivity contribution < 1.29 is 13.9 Å². The molecule has 5 nitrogen and oxygen atoms in total. The smallest absolute Gasteiger partial charge is 0.340 e. The molecule has 0 radical (unpaired) electrons. The number of ether oxygens (including phenoxy) is 1. The highest BCUT2D eigenvalue weighted by Crippen LogP contribution is 2.27. The third-order valence-corrected chi connectivity index (χ3v) is 2.90. The Morgan fingerprint density at radius 1 is 1.42 bits per heavy atom. The van der Waals surface area contributed by atoms with E-state index in [-0.39, 0.29) is 0 Å². The minimum atomic E-state index is -0.434. The third-order valence-electron chi connectivity index (χ3n) is 2.90. The molecule has 19 heavy (non-hydrogen) atoms. The highest BCUT2D eigenvalue weighted by molar-refractivity contribution is 5.98. The van der Waals surface area contributed by atoms with E-state index in [1.54, 1.807) is 24.7 Å². The van der Waals surface area contributed by atoms with Crippen LogP contribution in [0.4, 0.5) is 11.4 Å². The third kappa shape index (κ3) is 2.70. The summed E-state index contributed by atoms with van der Waals surface area (Å²) >= 11 is 0. The Morgan fingerprint density at radius 3 is 2.84 bits per heavy atom. The van der Waals surface area contributed by atoms with Crippen LogP contribution in [-0.2, 0) is 11.3 Å². The lowest BCUT2D eigenvalue weighted by Gasteiger charge is -2.21. The zero-order valence-electron chi connectivity index (χ0n) is 10.9. The fourth-order valence-corrected chi connectivity index (χ4v) is 1.92. The van der Waals surface area contributed by atoms with Crippen LogP contribution in [0.2, 0.25) is 0 Å². The van der Waals surface area contributed by atoms with Crippen LogP contribution >= 0.6 is 0 Å². The van der Waals surface area contributed by atoms with Crippen LogP contribution in [0.15, 0.2) is 41.2 Å². The SMILES string of the molecule is COC(=O)c1cccc(N(C)Cc2ccoc2)c1N. The number of para-hydroxylation sites is 1. The molecule has 100 valence electrons. The molecule has 1 aromatic heterocycles. The predicted molar refractivity (Wildman–Crippen MR) is 73.0 cm³/mol. The highest BCUT2D eigenvalue weighted by atomic mass is 16.5. The molecule has 0 aliphatic rings. The molecule has 0 bridgehead atoms. The second-order valence-corrected chi connectivity index (χ2v) is 4.22. The van der Waals surface area contributed by atoms with Crippen LogP contribution in [0.3, 0.4) is 0 Å². The Hall–Kier alpha value is -2.43. The normalized spacial score (nSPS) is 10.2. The summed E-state index contributed by atoms with van der Waals surface area (Å²) in [5.74, 6) is -0.434. The maximum Gasteiger partial charge on any atom is 0.340 e. The van der Waals surface area contributed by atoms with Crippen molar-refractivity contribution in [3.8, 4) is 0 Å². The molecule has 2 rings (SSSR count). The van der Waals surface area contributed by atoms with Crippen molar-refractivity contribution in [3.63, 3.8) is 0 Å². The number of carbonyl (C=O) groups is 1. The van der Waals surface area contributed by atoms with Crippen molar-refractivity contribution in [1.29, 1.82) is 0 Å². The molecule has 5 heteroatoms. The van der Waals surface area contributed by atoms with Gasteiger partial charge in [0.15, 0.2) is 0 Å². The number of nitrogens with zero attached hydrogens (tertiary/aromatic N) is 1. The number of nitrogens with two attached hydrogens (primary N) is 1. The Bertz CT molecular complexity index is 564. The molecule has 0 unspecified atom stereocenters. The van der Waals surface area contributed by atoms with Gasteiger partial charge >= 0.3 is 5.97 Å². The van der Waals surface area contributed by atoms with E-state index in [9.17, 15) is 4.79 Å². The Kier molecular flexibility index (Phi) is 3.75. The van der Waals surface area contributed by atoms with Gasteiger partial charge in [-0.2, -0.15) is 0 Å². The average Bonchev–Trinajstić information content (AvgIpc) is 2.90. The lowest BCUT2D eigenvalue weighted by atomic mass is 10.1. The van der Waals surface area contributed by atoms with Crippen molar-refractivity contribution in [3.05, 3.63) is 47.9 Å². The van der Waals surface area contributed by atoms with Gasteiger partial charge in [0.25, 0.3) is 0 Å². The van der Waals surface area contributed by atoms with Crippen LogP contribution in [0, 0.1) is 0 Å². The lowest BCUT2D eigenvalue weighted by molar-refractivity contribution is 0.0602. The van der Waals surface area contributed by atoms with E-state index in [4.69, 9.17) is 14.9 Å². The Morgan fingerprint density at radius 2 is 2.21 bits per heavy atom. The van der Waals surface area contributed by atoms with Gasteiger partial charge in [-0.05, 0) is 18.2 Å².